The minimum absolute atomic E-state index is 0. The van der Waals surface area contributed by atoms with E-state index in [9.17, 15) is 14.0 Å². The number of hydrogen-bond acceptors (Lipinski definition) is 3. The van der Waals surface area contributed by atoms with Crippen molar-refractivity contribution in [1.29, 1.82) is 0 Å². The van der Waals surface area contributed by atoms with Gasteiger partial charge < -0.3 is 10.4 Å². The third-order valence-corrected chi connectivity index (χ3v) is 2.79. The molecule has 2 N–H and O–H groups in total. The minimum Gasteiger partial charge on any atom is -0.480 e. The van der Waals surface area contributed by atoms with Gasteiger partial charge in [0.2, 0.25) is 5.91 Å². The maximum Gasteiger partial charge on any atom is 0.322 e. The molecule has 0 aliphatic rings. The fourth-order valence-electron chi connectivity index (χ4n) is 1.71. The van der Waals surface area contributed by atoms with Crippen LogP contribution in [0.2, 0.25) is 0 Å². The van der Waals surface area contributed by atoms with E-state index in [-0.39, 0.29) is 36.7 Å². The maximum absolute atomic E-state index is 13.1. The number of carboxylic acid groups (broad SMARTS) is 1. The van der Waals surface area contributed by atoms with Crippen LogP contribution in [0.1, 0.15) is 19.4 Å². The van der Waals surface area contributed by atoms with Crippen LogP contribution < -0.4 is 5.32 Å². The van der Waals surface area contributed by atoms with Crippen molar-refractivity contribution in [1.82, 2.24) is 10.2 Å². The summed E-state index contributed by atoms with van der Waals surface area (Å²) in [6.45, 7) is 3.94. The average Bonchev–Trinajstić information content (AvgIpc) is 2.35. The van der Waals surface area contributed by atoms with Crippen LogP contribution in [0.15, 0.2) is 24.3 Å². The monoisotopic (exact) mass is 318 g/mol. The fourth-order valence-corrected chi connectivity index (χ4v) is 1.71. The quantitative estimate of drug-likeness (QED) is 0.802. The lowest BCUT2D eigenvalue weighted by molar-refractivity contribution is -0.138. The Morgan fingerprint density at radius 3 is 2.57 bits per heavy atom. The zero-order valence-corrected chi connectivity index (χ0v) is 12.8. The summed E-state index contributed by atoms with van der Waals surface area (Å²) in [7, 11) is 0. The molecule has 0 spiro atoms. The lowest BCUT2D eigenvalue weighted by Gasteiger charge is -2.25. The van der Waals surface area contributed by atoms with Crippen LogP contribution in [0.5, 0.6) is 0 Å². The molecule has 1 rings (SSSR count). The normalized spacial score (nSPS) is 10.3. The van der Waals surface area contributed by atoms with Gasteiger partial charge in [-0.1, -0.05) is 12.1 Å². The highest BCUT2D eigenvalue weighted by Crippen LogP contribution is 2.09. The number of carbonyl (C=O) groups is 2. The minimum atomic E-state index is -1.08. The molecule has 7 heteroatoms. The molecule has 0 unspecified atom stereocenters. The molecule has 0 saturated heterocycles. The molecule has 0 bridgehead atoms. The summed E-state index contributed by atoms with van der Waals surface area (Å²) in [5.41, 5.74) is 0.768. The number of halogens is 2. The number of hydrogen-bond donors (Lipinski definition) is 2. The Kier molecular flexibility index (Phi) is 8.57. The average molecular weight is 319 g/mol. The van der Waals surface area contributed by atoms with Gasteiger partial charge in [-0.05, 0) is 31.5 Å². The summed E-state index contributed by atoms with van der Waals surface area (Å²) in [6, 6.07) is 6.27. The van der Waals surface area contributed by atoms with Gasteiger partial charge in [-0.2, -0.15) is 0 Å². The molecule has 0 aliphatic carbocycles. The first-order chi connectivity index (χ1) is 9.38. The van der Waals surface area contributed by atoms with Crippen molar-refractivity contribution >= 4 is 24.3 Å². The van der Waals surface area contributed by atoms with E-state index in [1.54, 1.807) is 12.1 Å². The Morgan fingerprint density at radius 1 is 1.38 bits per heavy atom. The van der Waals surface area contributed by atoms with Crippen molar-refractivity contribution in [2.24, 2.45) is 0 Å². The van der Waals surface area contributed by atoms with E-state index in [4.69, 9.17) is 5.11 Å². The van der Waals surface area contributed by atoms with Crippen LogP contribution >= 0.6 is 12.4 Å². The Hall–Kier alpha value is -1.66. The third-order valence-electron chi connectivity index (χ3n) is 2.79. The van der Waals surface area contributed by atoms with Gasteiger partial charge in [-0.3, -0.25) is 14.5 Å². The first kappa shape index (κ1) is 19.3. The summed E-state index contributed by atoms with van der Waals surface area (Å²) < 4.78 is 13.1. The standard InChI is InChI=1S/C14H19FN2O3.ClH/c1-10(2)17(9-13(18)16-7-14(19)20)8-11-4-3-5-12(15)6-11;/h3-6,10H,7-9H2,1-2H3,(H,16,18)(H,19,20);1H. The van der Waals surface area contributed by atoms with Gasteiger partial charge in [-0.15, -0.1) is 12.4 Å². The molecular weight excluding hydrogens is 299 g/mol. The molecule has 1 aromatic carbocycles. The number of benzene rings is 1. The van der Waals surface area contributed by atoms with Gasteiger partial charge in [0.15, 0.2) is 0 Å². The van der Waals surface area contributed by atoms with Crippen molar-refractivity contribution in [3.8, 4) is 0 Å². The van der Waals surface area contributed by atoms with Gasteiger partial charge in [-0.25, -0.2) is 4.39 Å². The van der Waals surface area contributed by atoms with Crippen LogP contribution in [0.4, 0.5) is 4.39 Å². The van der Waals surface area contributed by atoms with Gasteiger partial charge in [0.05, 0.1) is 6.54 Å². The molecule has 1 amide bonds. The van der Waals surface area contributed by atoms with Crippen LogP contribution in [0.25, 0.3) is 0 Å². The summed E-state index contributed by atoms with van der Waals surface area (Å²) in [4.78, 5) is 23.9. The molecule has 0 atom stereocenters. The highest BCUT2D eigenvalue weighted by atomic mass is 35.5. The van der Waals surface area contributed by atoms with Gasteiger partial charge in [0, 0.05) is 12.6 Å². The lowest BCUT2D eigenvalue weighted by atomic mass is 10.2. The van der Waals surface area contributed by atoms with Crippen molar-refractivity contribution in [2.45, 2.75) is 26.4 Å². The van der Waals surface area contributed by atoms with Crippen LogP contribution in [0, 0.1) is 5.82 Å². The number of nitrogens with zero attached hydrogens (tertiary/aromatic N) is 1. The number of carboxylic acids is 1. The first-order valence-electron chi connectivity index (χ1n) is 6.35. The van der Waals surface area contributed by atoms with Crippen molar-refractivity contribution in [3.05, 3.63) is 35.6 Å². The molecule has 0 aliphatic heterocycles. The molecule has 0 aromatic heterocycles. The van der Waals surface area contributed by atoms with E-state index >= 15 is 0 Å². The first-order valence-corrected chi connectivity index (χ1v) is 6.35. The van der Waals surface area contributed by atoms with E-state index in [0.29, 0.717) is 6.54 Å². The van der Waals surface area contributed by atoms with Crippen molar-refractivity contribution in [2.75, 3.05) is 13.1 Å². The van der Waals surface area contributed by atoms with Crippen LogP contribution in [0.3, 0.4) is 0 Å². The van der Waals surface area contributed by atoms with Crippen LogP contribution in [-0.4, -0.2) is 41.0 Å². The van der Waals surface area contributed by atoms with Crippen molar-refractivity contribution in [3.63, 3.8) is 0 Å². The molecule has 0 radical (unpaired) electrons. The second-order valence-electron chi connectivity index (χ2n) is 4.80. The zero-order chi connectivity index (χ0) is 15.1. The summed E-state index contributed by atoms with van der Waals surface area (Å²) in [5, 5.41) is 10.8. The van der Waals surface area contributed by atoms with E-state index in [2.05, 4.69) is 5.32 Å². The van der Waals surface area contributed by atoms with Gasteiger partial charge >= 0.3 is 5.97 Å². The summed E-state index contributed by atoms with van der Waals surface area (Å²) >= 11 is 0. The van der Waals surface area contributed by atoms with E-state index in [0.717, 1.165) is 5.56 Å². The Balaban J connectivity index is 0.00000400. The molecule has 0 heterocycles. The van der Waals surface area contributed by atoms with E-state index in [1.807, 2.05) is 18.7 Å². The van der Waals surface area contributed by atoms with Gasteiger partial charge in [0.25, 0.3) is 0 Å². The van der Waals surface area contributed by atoms with E-state index in [1.165, 1.54) is 12.1 Å². The predicted octanol–water partition coefficient (Wildman–Crippen LogP) is 1.66. The number of nitrogens with one attached hydrogen (secondary N) is 1. The van der Waals surface area contributed by atoms with E-state index < -0.39 is 12.5 Å². The SMILES string of the molecule is CC(C)N(CC(=O)NCC(=O)O)Cc1cccc(F)c1.Cl. The van der Waals surface area contributed by atoms with Crippen molar-refractivity contribution < 1.29 is 19.1 Å². The van der Waals surface area contributed by atoms with Crippen LogP contribution in [-0.2, 0) is 16.1 Å². The molecule has 0 fully saturated rings. The Morgan fingerprint density at radius 2 is 2.05 bits per heavy atom. The second-order valence-corrected chi connectivity index (χ2v) is 4.80. The smallest absolute Gasteiger partial charge is 0.322 e. The summed E-state index contributed by atoms with van der Waals surface area (Å²) in [5.74, 6) is -1.77. The van der Waals surface area contributed by atoms with Gasteiger partial charge in [0.1, 0.15) is 12.4 Å². The molecular formula is C14H20ClFN2O3. The predicted molar refractivity (Wildman–Crippen MR) is 79.8 cm³/mol. The number of aliphatic carboxylic acids is 1. The maximum atomic E-state index is 13.1. The summed E-state index contributed by atoms with van der Waals surface area (Å²) in [6.07, 6.45) is 0. The largest absolute Gasteiger partial charge is 0.480 e. The Bertz CT molecular complexity index is 483. The number of amides is 1. The number of rotatable bonds is 7. The topological polar surface area (TPSA) is 69.6 Å². The molecule has 21 heavy (non-hydrogen) atoms. The molecule has 0 saturated carbocycles. The molecule has 5 nitrogen and oxygen atoms in total. The highest BCUT2D eigenvalue weighted by Gasteiger charge is 2.15. The fraction of sp³-hybridized carbons (Fsp3) is 0.429. The second kappa shape index (κ2) is 9.31. The lowest BCUT2D eigenvalue weighted by Crippen LogP contribution is -2.41. The molecule has 1 aromatic rings. The number of carbonyl (C=O) groups excluding carboxylic acids is 1. The highest BCUT2D eigenvalue weighted by molar-refractivity contribution is 5.85. The molecule has 118 valence electrons. The zero-order valence-electron chi connectivity index (χ0n) is 12.0. The Labute approximate surface area is 129 Å². The third kappa shape index (κ3) is 7.63.